The van der Waals surface area contributed by atoms with Crippen LogP contribution in [-0.2, 0) is 4.79 Å². The summed E-state index contributed by atoms with van der Waals surface area (Å²) in [6.07, 6.45) is 0. The summed E-state index contributed by atoms with van der Waals surface area (Å²) in [4.78, 5) is 22.7. The Morgan fingerprint density at radius 2 is 1.82 bits per heavy atom. The lowest BCUT2D eigenvalue weighted by atomic mass is 10.1. The molecule has 2 aromatic rings. The van der Waals surface area contributed by atoms with E-state index in [0.717, 1.165) is 0 Å². The zero-order valence-electron chi connectivity index (χ0n) is 15.5. The number of carbonyl (C=O) groups excluding carboxylic acids is 1. The van der Waals surface area contributed by atoms with Crippen LogP contribution < -0.4 is 14.8 Å². The molecule has 2 rings (SSSR count). The van der Waals surface area contributed by atoms with Crippen LogP contribution >= 0.6 is 11.6 Å². The second-order valence-electron chi connectivity index (χ2n) is 6.28. The van der Waals surface area contributed by atoms with E-state index in [2.05, 4.69) is 5.32 Å². The second-order valence-corrected chi connectivity index (χ2v) is 6.66. The Balaban J connectivity index is 1.95. The van der Waals surface area contributed by atoms with Gasteiger partial charge in [-0.1, -0.05) is 0 Å². The lowest BCUT2D eigenvalue weighted by Crippen LogP contribution is -2.45. The number of anilines is 1. The zero-order valence-corrected chi connectivity index (χ0v) is 16.2. The molecule has 0 radical (unpaired) electrons. The summed E-state index contributed by atoms with van der Waals surface area (Å²) in [5.74, 6) is 0.774. The first-order valence-electron chi connectivity index (χ1n) is 8.43. The number of alkyl halides is 1. The van der Waals surface area contributed by atoms with Gasteiger partial charge >= 0.3 is 0 Å². The molecule has 0 saturated heterocycles. The van der Waals surface area contributed by atoms with Crippen molar-refractivity contribution in [3.05, 3.63) is 58.1 Å². The fourth-order valence-corrected chi connectivity index (χ4v) is 2.36. The quantitative estimate of drug-likeness (QED) is 0.374. The van der Waals surface area contributed by atoms with Crippen molar-refractivity contribution < 1.29 is 24.3 Å². The molecule has 0 bridgehead atoms. The molecule has 0 aromatic heterocycles. The van der Waals surface area contributed by atoms with Crippen LogP contribution in [-0.4, -0.2) is 40.6 Å². The van der Waals surface area contributed by atoms with Gasteiger partial charge < -0.3 is 19.9 Å². The Morgan fingerprint density at radius 3 is 2.36 bits per heavy atom. The van der Waals surface area contributed by atoms with Gasteiger partial charge in [0.1, 0.15) is 24.7 Å². The van der Waals surface area contributed by atoms with Crippen molar-refractivity contribution in [3.8, 4) is 11.5 Å². The maximum Gasteiger partial charge on any atom is 0.272 e. The van der Waals surface area contributed by atoms with Crippen LogP contribution in [0.3, 0.4) is 0 Å². The summed E-state index contributed by atoms with van der Waals surface area (Å²) < 4.78 is 10.8. The predicted molar refractivity (Wildman–Crippen MR) is 105 cm³/mol. The first-order chi connectivity index (χ1) is 13.2. The molecule has 0 aliphatic heterocycles. The lowest BCUT2D eigenvalue weighted by molar-refractivity contribution is -0.385. The monoisotopic (exact) mass is 408 g/mol. The van der Waals surface area contributed by atoms with E-state index in [1.54, 1.807) is 31.2 Å². The van der Waals surface area contributed by atoms with Crippen molar-refractivity contribution in [2.45, 2.75) is 19.4 Å². The standard InChI is InChI=1S/C19H21ClN2O6/c1-13-11-14(3-8-17(13)22(25)26)21-18(23)19(2,24)12-28-16-6-4-15(5-7-16)27-10-9-20/h3-8,11,24H,9-10,12H2,1-2H3,(H,21,23). The van der Waals surface area contributed by atoms with Crippen LogP contribution in [0.2, 0.25) is 0 Å². The largest absolute Gasteiger partial charge is 0.492 e. The molecule has 0 spiro atoms. The molecule has 0 fully saturated rings. The van der Waals surface area contributed by atoms with E-state index in [1.807, 2.05) is 0 Å². The molecule has 1 amide bonds. The summed E-state index contributed by atoms with van der Waals surface area (Å²) in [7, 11) is 0. The van der Waals surface area contributed by atoms with Gasteiger partial charge in [-0.3, -0.25) is 14.9 Å². The molecular weight excluding hydrogens is 388 g/mol. The average Bonchev–Trinajstić information content (AvgIpc) is 2.65. The minimum atomic E-state index is -1.82. The fourth-order valence-electron chi connectivity index (χ4n) is 2.28. The number of benzene rings is 2. The van der Waals surface area contributed by atoms with Crippen LogP contribution in [0.25, 0.3) is 0 Å². The smallest absolute Gasteiger partial charge is 0.272 e. The van der Waals surface area contributed by atoms with Crippen molar-refractivity contribution in [2.75, 3.05) is 24.4 Å². The van der Waals surface area contributed by atoms with Gasteiger partial charge in [0.05, 0.1) is 10.8 Å². The van der Waals surface area contributed by atoms with E-state index in [4.69, 9.17) is 21.1 Å². The number of rotatable bonds is 9. The lowest BCUT2D eigenvalue weighted by Gasteiger charge is -2.22. The SMILES string of the molecule is Cc1cc(NC(=O)C(C)(O)COc2ccc(OCCCl)cc2)ccc1[N+](=O)[O-]. The van der Waals surface area contributed by atoms with E-state index >= 15 is 0 Å². The van der Waals surface area contributed by atoms with E-state index < -0.39 is 16.4 Å². The highest BCUT2D eigenvalue weighted by atomic mass is 35.5. The number of nitro benzene ring substituents is 1. The number of nitrogens with zero attached hydrogens (tertiary/aromatic N) is 1. The van der Waals surface area contributed by atoms with Crippen LogP contribution in [0.1, 0.15) is 12.5 Å². The van der Waals surface area contributed by atoms with Crippen molar-refractivity contribution in [1.82, 2.24) is 0 Å². The molecule has 8 nitrogen and oxygen atoms in total. The highest BCUT2D eigenvalue weighted by Gasteiger charge is 2.31. The first-order valence-corrected chi connectivity index (χ1v) is 8.97. The van der Waals surface area contributed by atoms with Crippen LogP contribution in [0, 0.1) is 17.0 Å². The molecule has 0 aliphatic rings. The van der Waals surface area contributed by atoms with Crippen molar-refractivity contribution in [2.24, 2.45) is 0 Å². The molecule has 150 valence electrons. The molecule has 1 atom stereocenters. The minimum absolute atomic E-state index is 0.0495. The van der Waals surface area contributed by atoms with Crippen LogP contribution in [0.5, 0.6) is 11.5 Å². The van der Waals surface area contributed by atoms with E-state index in [0.29, 0.717) is 35.2 Å². The summed E-state index contributed by atoms with van der Waals surface area (Å²) >= 11 is 5.56. The number of amides is 1. The normalized spacial score (nSPS) is 12.7. The van der Waals surface area contributed by atoms with Crippen LogP contribution in [0.4, 0.5) is 11.4 Å². The van der Waals surface area contributed by atoms with Gasteiger partial charge in [-0.2, -0.15) is 0 Å². The van der Waals surface area contributed by atoms with Crippen LogP contribution in [0.15, 0.2) is 42.5 Å². The van der Waals surface area contributed by atoms with E-state index in [1.165, 1.54) is 25.1 Å². The van der Waals surface area contributed by atoms with Gasteiger partial charge in [-0.05, 0) is 50.2 Å². The maximum absolute atomic E-state index is 12.4. The Morgan fingerprint density at radius 1 is 1.21 bits per heavy atom. The highest BCUT2D eigenvalue weighted by Crippen LogP contribution is 2.23. The molecule has 1 unspecified atom stereocenters. The third-order valence-corrected chi connectivity index (χ3v) is 3.98. The van der Waals surface area contributed by atoms with Gasteiger partial charge in [0, 0.05) is 17.3 Å². The number of ether oxygens (including phenoxy) is 2. The van der Waals surface area contributed by atoms with Gasteiger partial charge in [0.15, 0.2) is 5.60 Å². The number of carbonyl (C=O) groups is 1. The number of halogens is 1. The minimum Gasteiger partial charge on any atom is -0.492 e. The molecular formula is C19H21ClN2O6. The fraction of sp³-hybridized carbons (Fsp3) is 0.316. The number of hydrogen-bond acceptors (Lipinski definition) is 6. The third-order valence-electron chi connectivity index (χ3n) is 3.83. The molecule has 0 saturated carbocycles. The number of nitro groups is 1. The number of hydrogen-bond donors (Lipinski definition) is 2. The Hall–Kier alpha value is -2.84. The van der Waals surface area contributed by atoms with Crippen molar-refractivity contribution in [3.63, 3.8) is 0 Å². The summed E-state index contributed by atoms with van der Waals surface area (Å²) in [6.45, 7) is 2.99. The van der Waals surface area contributed by atoms with Gasteiger partial charge in [0.25, 0.3) is 11.6 Å². The van der Waals surface area contributed by atoms with Gasteiger partial charge in [-0.15, -0.1) is 11.6 Å². The van der Waals surface area contributed by atoms with Gasteiger partial charge in [-0.25, -0.2) is 0 Å². The third kappa shape index (κ3) is 5.83. The Kier molecular flexibility index (Phi) is 7.19. The highest BCUT2D eigenvalue weighted by molar-refractivity contribution is 6.18. The first kappa shape index (κ1) is 21.5. The topological polar surface area (TPSA) is 111 Å². The number of aryl methyl sites for hydroxylation is 1. The number of nitrogens with one attached hydrogen (secondary N) is 1. The molecule has 0 heterocycles. The van der Waals surface area contributed by atoms with E-state index in [-0.39, 0.29) is 12.3 Å². The van der Waals surface area contributed by atoms with Gasteiger partial charge in [0.2, 0.25) is 0 Å². The molecule has 28 heavy (non-hydrogen) atoms. The summed E-state index contributed by atoms with van der Waals surface area (Å²) in [5.41, 5.74) is -1.13. The average molecular weight is 409 g/mol. The molecule has 0 aliphatic carbocycles. The predicted octanol–water partition coefficient (Wildman–Crippen LogP) is 3.29. The van der Waals surface area contributed by atoms with E-state index in [9.17, 15) is 20.0 Å². The summed E-state index contributed by atoms with van der Waals surface area (Å²) in [5, 5.41) is 23.8. The number of aliphatic hydroxyl groups is 1. The van der Waals surface area contributed by atoms with Crippen molar-refractivity contribution >= 4 is 28.9 Å². The molecule has 2 aromatic carbocycles. The Labute approximate surface area is 167 Å². The molecule has 9 heteroatoms. The second kappa shape index (κ2) is 9.38. The van der Waals surface area contributed by atoms with Crippen molar-refractivity contribution in [1.29, 1.82) is 0 Å². The zero-order chi connectivity index (χ0) is 20.7. The summed E-state index contributed by atoms with van der Waals surface area (Å²) in [6, 6.07) is 10.8. The maximum atomic E-state index is 12.4. The molecule has 2 N–H and O–H groups in total. The Bertz CT molecular complexity index is 839.